The topological polar surface area (TPSA) is 0 Å². The molecule has 0 N–H and O–H groups in total. The van der Waals surface area contributed by atoms with Crippen molar-refractivity contribution in [1.29, 1.82) is 0 Å². The minimum Gasteiger partial charge on any atom is -0.324 e. The molecule has 1 nitrogen and oxygen atoms in total. The summed E-state index contributed by atoms with van der Waals surface area (Å²) in [4.78, 5) is 0. The van der Waals surface area contributed by atoms with Gasteiger partial charge in [0.15, 0.2) is 0 Å². The van der Waals surface area contributed by atoms with Crippen LogP contribution in [0.15, 0.2) is 0 Å². The van der Waals surface area contributed by atoms with Crippen molar-refractivity contribution in [2.45, 2.75) is 91.0 Å². The minimum absolute atomic E-state index is 0.425. The molecule has 0 aromatic rings. The van der Waals surface area contributed by atoms with E-state index in [0.29, 0.717) is 5.54 Å². The first-order valence-corrected chi connectivity index (χ1v) is 8.20. The number of rotatable bonds is 3. The smallest absolute Gasteiger partial charge is 0.0928 e. The van der Waals surface area contributed by atoms with Crippen LogP contribution < -0.4 is 0 Å². The third kappa shape index (κ3) is 6.78. The van der Waals surface area contributed by atoms with Crippen LogP contribution in [0.4, 0.5) is 0 Å². The van der Waals surface area contributed by atoms with Gasteiger partial charge in [0.05, 0.1) is 26.2 Å². The normalized spacial score (nSPS) is 18.3. The highest BCUT2D eigenvalue weighted by atomic mass is 15.4. The van der Waals surface area contributed by atoms with Gasteiger partial charge in [-0.15, -0.1) is 0 Å². The Balaban J connectivity index is 0.000000327. The molecule has 0 bridgehead atoms. The van der Waals surface area contributed by atoms with Crippen LogP contribution in [0.2, 0.25) is 0 Å². The number of hydrogen-bond donors (Lipinski definition) is 0. The summed E-state index contributed by atoms with van der Waals surface area (Å²) >= 11 is 0. The van der Waals surface area contributed by atoms with Crippen molar-refractivity contribution in [2.24, 2.45) is 0 Å². The Bertz CT molecular complexity index is 156. The molecule has 0 unspecified atom stereocenters. The Morgan fingerprint density at radius 3 is 1.11 bits per heavy atom. The van der Waals surface area contributed by atoms with Crippen LogP contribution in [0.1, 0.15) is 85.5 Å². The van der Waals surface area contributed by atoms with E-state index in [1.807, 2.05) is 0 Å². The van der Waals surface area contributed by atoms with Crippen LogP contribution in [-0.2, 0) is 0 Å². The summed E-state index contributed by atoms with van der Waals surface area (Å²) < 4.78 is 1.11. The highest BCUT2D eigenvalue weighted by molar-refractivity contribution is 4.65. The zero-order valence-electron chi connectivity index (χ0n) is 14.0. The molecule has 1 fully saturated rings. The van der Waals surface area contributed by atoms with Crippen molar-refractivity contribution in [1.82, 2.24) is 0 Å². The second-order valence-corrected chi connectivity index (χ2v) is 7.00. The van der Waals surface area contributed by atoms with Gasteiger partial charge in [0.25, 0.3) is 0 Å². The summed E-state index contributed by atoms with van der Waals surface area (Å²) in [6, 6.07) is 0. The summed E-state index contributed by atoms with van der Waals surface area (Å²) in [5, 5.41) is 0. The fraction of sp³-hybridized carbons (Fsp3) is 1.00. The van der Waals surface area contributed by atoms with Gasteiger partial charge < -0.3 is 4.48 Å². The van der Waals surface area contributed by atoms with Crippen LogP contribution in [0, 0.1) is 0 Å². The Labute approximate surface area is 117 Å². The van der Waals surface area contributed by atoms with E-state index in [9.17, 15) is 0 Å². The van der Waals surface area contributed by atoms with Gasteiger partial charge in [0, 0.05) is 0 Å². The van der Waals surface area contributed by atoms with E-state index in [1.54, 1.807) is 0 Å². The Morgan fingerprint density at radius 1 is 0.722 bits per heavy atom. The van der Waals surface area contributed by atoms with E-state index in [2.05, 4.69) is 41.8 Å². The maximum Gasteiger partial charge on any atom is 0.0928 e. The molecule has 0 saturated heterocycles. The predicted molar refractivity (Wildman–Crippen MR) is 84.0 cm³/mol. The van der Waals surface area contributed by atoms with Gasteiger partial charge in [-0.1, -0.05) is 58.3 Å². The first-order valence-electron chi connectivity index (χ1n) is 8.20. The van der Waals surface area contributed by atoms with Gasteiger partial charge in [0.1, 0.15) is 0 Å². The zero-order chi connectivity index (χ0) is 14.1. The lowest BCUT2D eigenvalue weighted by Gasteiger charge is -2.43. The fourth-order valence-corrected chi connectivity index (χ4v) is 2.27. The summed E-state index contributed by atoms with van der Waals surface area (Å²) in [7, 11) is 4.59. The minimum atomic E-state index is 0.425. The van der Waals surface area contributed by atoms with Crippen LogP contribution in [0.5, 0.6) is 0 Å². The average Bonchev–Trinajstić information content (AvgIpc) is 2.28. The van der Waals surface area contributed by atoms with Crippen LogP contribution in [0.3, 0.4) is 0 Å². The van der Waals surface area contributed by atoms with E-state index >= 15 is 0 Å². The number of quaternary nitrogens is 1. The standard InChI is InChI=1S/C9H22N.C8H16/c1-7-9(3,4)10(5,6)8-2;1-2-4-6-8-7-5-3-1/h7-8H2,1-6H3;1-8H2/q+1;. The summed E-state index contributed by atoms with van der Waals surface area (Å²) in [5.41, 5.74) is 0.425. The van der Waals surface area contributed by atoms with Crippen LogP contribution in [0.25, 0.3) is 0 Å². The molecule has 1 aliphatic carbocycles. The molecule has 0 aromatic heterocycles. The summed E-state index contributed by atoms with van der Waals surface area (Å²) in [6.45, 7) is 10.4. The molecule has 18 heavy (non-hydrogen) atoms. The Morgan fingerprint density at radius 2 is 1.00 bits per heavy atom. The molecule has 0 heterocycles. The molecular formula is C17H38N+. The van der Waals surface area contributed by atoms with Gasteiger partial charge in [-0.25, -0.2) is 0 Å². The second-order valence-electron chi connectivity index (χ2n) is 7.00. The molecule has 0 spiro atoms. The zero-order valence-corrected chi connectivity index (χ0v) is 14.0. The van der Waals surface area contributed by atoms with Crippen LogP contribution in [-0.4, -0.2) is 30.7 Å². The summed E-state index contributed by atoms with van der Waals surface area (Å²) in [6.07, 6.45) is 13.2. The SMILES string of the molecule is C1CCCCCCC1.CCC(C)(C)[N+](C)(C)CC. The van der Waals surface area contributed by atoms with E-state index in [-0.39, 0.29) is 0 Å². The van der Waals surface area contributed by atoms with E-state index in [4.69, 9.17) is 0 Å². The molecule has 0 radical (unpaired) electrons. The first kappa shape index (κ1) is 18.0. The van der Waals surface area contributed by atoms with Crippen molar-refractivity contribution < 1.29 is 4.48 Å². The fourth-order valence-electron chi connectivity index (χ4n) is 2.27. The van der Waals surface area contributed by atoms with Gasteiger partial charge in [0.2, 0.25) is 0 Å². The predicted octanol–water partition coefficient (Wildman–Crippen LogP) is 5.39. The average molecular weight is 256 g/mol. The molecule has 110 valence electrons. The molecule has 0 aromatic carbocycles. The maximum atomic E-state index is 2.33. The van der Waals surface area contributed by atoms with Crippen molar-refractivity contribution in [3.8, 4) is 0 Å². The van der Waals surface area contributed by atoms with Gasteiger partial charge in [-0.3, -0.25) is 0 Å². The van der Waals surface area contributed by atoms with E-state index < -0.39 is 0 Å². The quantitative estimate of drug-likeness (QED) is 0.594. The Kier molecular flexibility index (Phi) is 8.94. The highest BCUT2D eigenvalue weighted by Crippen LogP contribution is 2.22. The van der Waals surface area contributed by atoms with Crippen molar-refractivity contribution in [3.63, 3.8) is 0 Å². The molecular weight excluding hydrogens is 218 g/mol. The maximum absolute atomic E-state index is 2.33. The van der Waals surface area contributed by atoms with Gasteiger partial charge >= 0.3 is 0 Å². The number of hydrogen-bond acceptors (Lipinski definition) is 0. The Hall–Kier alpha value is -0.0400. The monoisotopic (exact) mass is 256 g/mol. The van der Waals surface area contributed by atoms with Crippen molar-refractivity contribution in [3.05, 3.63) is 0 Å². The van der Waals surface area contributed by atoms with Crippen molar-refractivity contribution >= 4 is 0 Å². The van der Waals surface area contributed by atoms with Gasteiger partial charge in [-0.2, -0.15) is 0 Å². The number of nitrogens with zero attached hydrogens (tertiary/aromatic N) is 1. The third-order valence-corrected chi connectivity index (χ3v) is 5.29. The summed E-state index contributed by atoms with van der Waals surface area (Å²) in [5.74, 6) is 0. The largest absolute Gasteiger partial charge is 0.324 e. The molecule has 1 aliphatic rings. The molecule has 1 saturated carbocycles. The molecule has 0 amide bonds. The molecule has 1 rings (SSSR count). The van der Waals surface area contributed by atoms with Crippen LogP contribution >= 0.6 is 0 Å². The van der Waals surface area contributed by atoms with E-state index in [1.165, 1.54) is 64.3 Å². The molecule has 0 aliphatic heterocycles. The van der Waals surface area contributed by atoms with E-state index in [0.717, 1.165) is 4.48 Å². The van der Waals surface area contributed by atoms with Gasteiger partial charge in [-0.05, 0) is 27.2 Å². The third-order valence-electron chi connectivity index (χ3n) is 5.29. The highest BCUT2D eigenvalue weighted by Gasteiger charge is 2.32. The lowest BCUT2D eigenvalue weighted by molar-refractivity contribution is -0.936. The lowest BCUT2D eigenvalue weighted by Crippen LogP contribution is -2.55. The molecule has 1 heteroatoms. The second kappa shape index (κ2) is 8.96. The van der Waals surface area contributed by atoms with Crippen molar-refractivity contribution in [2.75, 3.05) is 20.6 Å². The first-order chi connectivity index (χ1) is 8.37. The molecule has 0 atom stereocenters. The lowest BCUT2D eigenvalue weighted by atomic mass is 9.97.